The third kappa shape index (κ3) is 1.87. The predicted molar refractivity (Wildman–Crippen MR) is 123 cm³/mol. The molecule has 1 heterocycles. The molecule has 0 aromatic heterocycles. The van der Waals surface area contributed by atoms with Crippen LogP contribution in [0.25, 0.3) is 0 Å². The molecule has 1 aliphatic heterocycles. The minimum atomic E-state index is -0.485. The number of imide groups is 1. The lowest BCUT2D eigenvalue weighted by Crippen LogP contribution is -2.84. The lowest BCUT2D eigenvalue weighted by atomic mass is 9.18. The number of esters is 1. The largest absolute Gasteiger partial charge is 0.460 e. The number of hydrogen-bond donors (Lipinski definition) is 0. The molecular weight excluding hydrogens is 482 g/mol. The summed E-state index contributed by atoms with van der Waals surface area (Å²) >= 11 is 3.35. The van der Waals surface area contributed by atoms with E-state index in [4.69, 9.17) is 4.74 Å². The van der Waals surface area contributed by atoms with Gasteiger partial charge in [0.25, 0.3) is 0 Å². The summed E-state index contributed by atoms with van der Waals surface area (Å²) in [5, 5.41) is 0. The van der Waals surface area contributed by atoms with Crippen LogP contribution in [0.2, 0.25) is 0 Å². The van der Waals surface area contributed by atoms with Gasteiger partial charge in [0.15, 0.2) is 0 Å². The monoisotopic (exact) mass is 499 g/mol. The molecule has 0 unspecified atom stereocenters. The normalized spacial score (nSPS) is 29.4. The van der Waals surface area contributed by atoms with Crippen LogP contribution in [0, 0.1) is 11.8 Å². The van der Waals surface area contributed by atoms with E-state index in [2.05, 4.69) is 40.2 Å². The Labute approximate surface area is 198 Å². The van der Waals surface area contributed by atoms with Gasteiger partial charge in [-0.15, -0.1) is 0 Å². The molecule has 3 aromatic rings. The Morgan fingerprint density at radius 3 is 1.73 bits per heavy atom. The first-order valence-corrected chi connectivity index (χ1v) is 11.8. The number of likely N-dealkylation sites (tertiary alicyclic amines) is 1. The van der Waals surface area contributed by atoms with Crippen molar-refractivity contribution in [1.82, 2.24) is 4.90 Å². The molecule has 0 spiro atoms. The van der Waals surface area contributed by atoms with Gasteiger partial charge in [-0.3, -0.25) is 14.5 Å². The Balaban J connectivity index is 1.18. The number of halogens is 1. The summed E-state index contributed by atoms with van der Waals surface area (Å²) in [5.74, 6) is -1.55. The van der Waals surface area contributed by atoms with Gasteiger partial charge >= 0.3 is 5.97 Å². The highest BCUT2D eigenvalue weighted by Gasteiger charge is 2.91. The van der Waals surface area contributed by atoms with Gasteiger partial charge in [0, 0.05) is 15.3 Å². The van der Waals surface area contributed by atoms with Gasteiger partial charge in [-0.2, -0.15) is 0 Å². The van der Waals surface area contributed by atoms with Crippen molar-refractivity contribution in [1.29, 1.82) is 0 Å². The van der Waals surface area contributed by atoms with E-state index in [1.807, 2.05) is 30.3 Å². The number of fused-ring (bicyclic) bond motifs is 3. The SMILES string of the molecule is O=C(OCCN1C(=O)[C@@H]2[C@@H](C1=O)C13c4ccccc4C21c1ccccc13)c1ccccc1Br. The molecule has 33 heavy (non-hydrogen) atoms. The summed E-state index contributed by atoms with van der Waals surface area (Å²) in [5.41, 5.74) is 4.33. The number of nitrogens with zero attached hydrogens (tertiary/aromatic N) is 1. The summed E-state index contributed by atoms with van der Waals surface area (Å²) in [7, 11) is 0. The molecule has 5 nitrogen and oxygen atoms in total. The van der Waals surface area contributed by atoms with Gasteiger partial charge in [-0.1, -0.05) is 60.7 Å². The van der Waals surface area contributed by atoms with E-state index in [0.717, 1.165) is 0 Å². The minimum Gasteiger partial charge on any atom is -0.460 e. The van der Waals surface area contributed by atoms with Gasteiger partial charge < -0.3 is 4.74 Å². The predicted octanol–water partition coefficient (Wildman–Crippen LogP) is 3.82. The molecule has 2 amide bonds. The molecule has 1 saturated heterocycles. The third-order valence-corrected chi connectivity index (χ3v) is 8.84. The van der Waals surface area contributed by atoms with E-state index >= 15 is 0 Å². The highest BCUT2D eigenvalue weighted by Crippen LogP contribution is 2.86. The van der Waals surface area contributed by atoms with Crippen LogP contribution >= 0.6 is 15.9 Å². The van der Waals surface area contributed by atoms with Crippen molar-refractivity contribution < 1.29 is 19.1 Å². The number of carbonyl (C=O) groups excluding carboxylic acids is 3. The Hall–Kier alpha value is -3.25. The van der Waals surface area contributed by atoms with E-state index in [1.165, 1.54) is 27.2 Å². The van der Waals surface area contributed by atoms with E-state index in [1.54, 1.807) is 18.2 Å². The summed E-state index contributed by atoms with van der Waals surface area (Å²) < 4.78 is 6.04. The number of carbonyl (C=O) groups is 3. The minimum absolute atomic E-state index is 0.0308. The molecule has 0 bridgehead atoms. The van der Waals surface area contributed by atoms with Crippen LogP contribution in [0.1, 0.15) is 32.6 Å². The standard InChI is InChI=1S/C27H18BrNO4/c28-20-12-6-1-7-15(20)25(32)33-14-13-29-23(30)21-22(24(29)31)27-17-9-3-2-8-16(17)26(21,27)18-10-4-5-11-19(18)27/h1-12,21-22H,13-14H2/t21-,22-,26?,27?/m0/s1. The first-order chi connectivity index (χ1) is 16.1. The average Bonchev–Trinajstić information content (AvgIpc) is 3.04. The molecule has 2 atom stereocenters. The van der Waals surface area contributed by atoms with Crippen molar-refractivity contribution in [3.8, 4) is 0 Å². The first kappa shape index (κ1) is 19.2. The second-order valence-corrected chi connectivity index (χ2v) is 9.96. The van der Waals surface area contributed by atoms with Crippen LogP contribution in [0.3, 0.4) is 0 Å². The van der Waals surface area contributed by atoms with Crippen molar-refractivity contribution in [3.63, 3.8) is 0 Å². The smallest absolute Gasteiger partial charge is 0.339 e. The maximum atomic E-state index is 13.5. The summed E-state index contributed by atoms with van der Waals surface area (Å²) in [6, 6.07) is 23.4. The molecule has 6 heteroatoms. The molecule has 3 aromatic carbocycles. The van der Waals surface area contributed by atoms with Crippen LogP contribution < -0.4 is 0 Å². The summed E-state index contributed by atoms with van der Waals surface area (Å²) in [6.45, 7) is 0.0384. The van der Waals surface area contributed by atoms with Gasteiger partial charge in [-0.25, -0.2) is 4.79 Å². The van der Waals surface area contributed by atoms with E-state index in [0.29, 0.717) is 10.0 Å². The maximum Gasteiger partial charge on any atom is 0.339 e. The van der Waals surface area contributed by atoms with E-state index in [-0.39, 0.29) is 36.8 Å². The van der Waals surface area contributed by atoms with Gasteiger partial charge in [0.2, 0.25) is 11.8 Å². The van der Waals surface area contributed by atoms with Crippen molar-refractivity contribution in [2.24, 2.45) is 11.8 Å². The van der Waals surface area contributed by atoms with Crippen molar-refractivity contribution in [2.75, 3.05) is 13.2 Å². The third-order valence-electron chi connectivity index (χ3n) is 8.15. The fourth-order valence-electron chi connectivity index (χ4n) is 7.18. The maximum absolute atomic E-state index is 13.5. The molecule has 1 saturated carbocycles. The molecule has 4 aliphatic rings. The Kier molecular flexibility index (Phi) is 3.62. The molecule has 7 rings (SSSR count). The van der Waals surface area contributed by atoms with Gasteiger partial charge in [0.1, 0.15) is 6.61 Å². The highest BCUT2D eigenvalue weighted by molar-refractivity contribution is 9.10. The molecule has 0 radical (unpaired) electrons. The lowest BCUT2D eigenvalue weighted by Gasteiger charge is -2.80. The number of rotatable bonds is 4. The lowest BCUT2D eigenvalue weighted by molar-refractivity contribution is -0.150. The Morgan fingerprint density at radius 2 is 1.24 bits per heavy atom. The van der Waals surface area contributed by atoms with Gasteiger partial charge in [0.05, 0.1) is 23.9 Å². The number of amides is 2. The number of ether oxygens (including phenoxy) is 1. The molecule has 162 valence electrons. The Bertz CT molecular complexity index is 1290. The Morgan fingerprint density at radius 1 is 0.788 bits per heavy atom. The average molecular weight is 500 g/mol. The number of hydrogen-bond acceptors (Lipinski definition) is 4. The zero-order valence-corrected chi connectivity index (χ0v) is 19.0. The van der Waals surface area contributed by atoms with Crippen LogP contribution in [0.5, 0.6) is 0 Å². The zero-order valence-electron chi connectivity index (χ0n) is 17.5. The van der Waals surface area contributed by atoms with E-state index < -0.39 is 16.8 Å². The second-order valence-electron chi connectivity index (χ2n) is 9.11. The van der Waals surface area contributed by atoms with Crippen molar-refractivity contribution in [2.45, 2.75) is 10.8 Å². The number of benzene rings is 3. The second kappa shape index (κ2) is 6.20. The first-order valence-electron chi connectivity index (χ1n) is 11.0. The topological polar surface area (TPSA) is 63.7 Å². The quantitative estimate of drug-likeness (QED) is 0.404. The van der Waals surface area contributed by atoms with Crippen LogP contribution in [-0.4, -0.2) is 35.8 Å². The fourth-order valence-corrected chi connectivity index (χ4v) is 7.62. The summed E-state index contributed by atoms with van der Waals surface area (Å²) in [6.07, 6.45) is 0. The van der Waals surface area contributed by atoms with Crippen LogP contribution in [0.4, 0.5) is 0 Å². The molecule has 0 N–H and O–H groups in total. The van der Waals surface area contributed by atoms with Crippen LogP contribution in [0.15, 0.2) is 77.3 Å². The molecular formula is C27H18BrNO4. The van der Waals surface area contributed by atoms with Crippen molar-refractivity contribution >= 4 is 33.7 Å². The molecule has 3 aliphatic carbocycles. The zero-order chi connectivity index (χ0) is 22.5. The highest BCUT2D eigenvalue weighted by atomic mass is 79.9. The molecule has 2 fully saturated rings. The van der Waals surface area contributed by atoms with Crippen LogP contribution in [-0.2, 0) is 25.2 Å². The fraction of sp³-hybridized carbons (Fsp3) is 0.222. The van der Waals surface area contributed by atoms with Crippen molar-refractivity contribution in [3.05, 3.63) is 105 Å². The summed E-state index contributed by atoms with van der Waals surface area (Å²) in [4.78, 5) is 40.8. The van der Waals surface area contributed by atoms with E-state index in [9.17, 15) is 14.4 Å². The van der Waals surface area contributed by atoms with Gasteiger partial charge in [-0.05, 0) is 50.3 Å².